The minimum absolute atomic E-state index is 0.0276. The first-order chi connectivity index (χ1) is 14.9. The van der Waals surface area contributed by atoms with E-state index in [4.69, 9.17) is 5.11 Å². The van der Waals surface area contributed by atoms with Crippen molar-refractivity contribution >= 4 is 37.4 Å². The maximum Gasteiger partial charge on any atom is 0.335 e. The number of carboxylic acids is 1. The molecule has 0 amide bonds. The molecule has 2 aliphatic rings. The lowest BCUT2D eigenvalue weighted by Crippen LogP contribution is -2.08. The van der Waals surface area contributed by atoms with E-state index in [0.29, 0.717) is 5.92 Å². The lowest BCUT2D eigenvalue weighted by Gasteiger charge is -2.25. The molecule has 0 bridgehead atoms. The molecule has 31 heavy (non-hydrogen) atoms. The van der Waals surface area contributed by atoms with Gasteiger partial charge < -0.3 is 5.11 Å². The van der Waals surface area contributed by atoms with Crippen LogP contribution >= 0.6 is 0 Å². The maximum atomic E-state index is 10.7. The van der Waals surface area contributed by atoms with Gasteiger partial charge in [0, 0.05) is 11.3 Å². The minimum atomic E-state index is -3.17. The fourth-order valence-electron chi connectivity index (χ4n) is 4.37. The number of rotatable bonds is 2. The molecular formula is C26H24O4S. The molecule has 1 heterocycles. The van der Waals surface area contributed by atoms with Crippen LogP contribution < -0.4 is 0 Å². The van der Waals surface area contributed by atoms with Crippen molar-refractivity contribution in [1.29, 1.82) is 0 Å². The highest BCUT2D eigenvalue weighted by atomic mass is 32.2. The predicted molar refractivity (Wildman–Crippen MR) is 126 cm³/mol. The molecule has 0 spiro atoms. The molecule has 1 atom stereocenters. The van der Waals surface area contributed by atoms with E-state index in [0.717, 1.165) is 11.5 Å². The number of benzene rings is 3. The van der Waals surface area contributed by atoms with E-state index in [-0.39, 0.29) is 11.3 Å². The summed E-state index contributed by atoms with van der Waals surface area (Å²) in [5.41, 5.74) is 3.07. The van der Waals surface area contributed by atoms with Crippen LogP contribution in [-0.4, -0.2) is 25.2 Å². The second kappa shape index (κ2) is 8.52. The molecule has 4 nitrogen and oxygen atoms in total. The van der Waals surface area contributed by atoms with E-state index in [1.165, 1.54) is 58.0 Å². The van der Waals surface area contributed by atoms with Crippen molar-refractivity contribution in [3.8, 4) is 0 Å². The van der Waals surface area contributed by atoms with Gasteiger partial charge in [-0.3, -0.25) is 0 Å². The van der Waals surface area contributed by atoms with Gasteiger partial charge >= 0.3 is 5.97 Å². The Kier molecular flexibility index (Phi) is 5.79. The van der Waals surface area contributed by atoms with E-state index >= 15 is 0 Å². The first-order valence-electron chi connectivity index (χ1n) is 10.3. The molecule has 0 fully saturated rings. The Balaban J connectivity index is 0.000000180. The van der Waals surface area contributed by atoms with Gasteiger partial charge in [-0.1, -0.05) is 60.7 Å². The third kappa shape index (κ3) is 4.32. The van der Waals surface area contributed by atoms with Gasteiger partial charge in [-0.2, -0.15) is 0 Å². The number of fused-ring (bicyclic) bond motifs is 5. The van der Waals surface area contributed by atoms with Gasteiger partial charge in [0.2, 0.25) is 0 Å². The summed E-state index contributed by atoms with van der Waals surface area (Å²) < 4.78 is 21.4. The molecule has 1 N–H and O–H groups in total. The highest BCUT2D eigenvalue weighted by molar-refractivity contribution is 7.94. The molecule has 0 saturated heterocycles. The topological polar surface area (TPSA) is 71.4 Å². The van der Waals surface area contributed by atoms with E-state index in [1.807, 2.05) is 0 Å². The van der Waals surface area contributed by atoms with Gasteiger partial charge in [0.25, 0.3) is 0 Å². The van der Waals surface area contributed by atoms with Crippen LogP contribution in [0, 0.1) is 0 Å². The molecule has 158 valence electrons. The van der Waals surface area contributed by atoms with Crippen LogP contribution in [0.2, 0.25) is 0 Å². The average Bonchev–Trinajstić information content (AvgIpc) is 2.78. The SMILES string of the molecule is C=CC1CCCc2ccc3c(ccc4ccccc43)c21.O=C(O)C1=CCS(=O)(=O)C=C1. The fraction of sp³-hybridized carbons (Fsp3) is 0.192. The standard InChI is InChI=1S/C20H18.C6H6O4S/c1-2-14-7-5-8-16-11-12-18-17-9-4-3-6-15(17)10-13-19(18)20(14)16;7-6(8)5-1-3-11(9,10)4-2-5/h2-4,6,9-14H,1,5,7-8H2;1-3H,4H2,(H,7,8). The summed E-state index contributed by atoms with van der Waals surface area (Å²) in [5.74, 6) is -0.801. The molecule has 0 saturated carbocycles. The Labute approximate surface area is 182 Å². The summed E-state index contributed by atoms with van der Waals surface area (Å²) in [5, 5.41) is 14.8. The van der Waals surface area contributed by atoms with Gasteiger partial charge in [0.1, 0.15) is 0 Å². The van der Waals surface area contributed by atoms with Crippen molar-refractivity contribution in [3.05, 3.63) is 95.4 Å². The third-order valence-corrected chi connectivity index (χ3v) is 7.09. The van der Waals surface area contributed by atoms with Crippen molar-refractivity contribution in [3.63, 3.8) is 0 Å². The number of hydrogen-bond donors (Lipinski definition) is 1. The van der Waals surface area contributed by atoms with Crippen molar-refractivity contribution < 1.29 is 18.3 Å². The molecule has 0 radical (unpaired) electrons. The quantitative estimate of drug-likeness (QED) is 0.426. The van der Waals surface area contributed by atoms with E-state index in [1.54, 1.807) is 0 Å². The number of carbonyl (C=O) groups is 1. The summed E-state index contributed by atoms with van der Waals surface area (Å²) in [4.78, 5) is 10.3. The Morgan fingerprint density at radius 3 is 2.52 bits per heavy atom. The molecule has 0 aromatic heterocycles. The van der Waals surface area contributed by atoms with Gasteiger partial charge in [0.15, 0.2) is 9.84 Å². The predicted octanol–water partition coefficient (Wildman–Crippen LogP) is 5.54. The molecule has 3 aromatic carbocycles. The van der Waals surface area contributed by atoms with Gasteiger partial charge in [-0.05, 0) is 58.0 Å². The summed E-state index contributed by atoms with van der Waals surface area (Å²) in [7, 11) is -3.17. The van der Waals surface area contributed by atoms with E-state index in [9.17, 15) is 13.2 Å². The minimum Gasteiger partial charge on any atom is -0.478 e. The van der Waals surface area contributed by atoms with Crippen molar-refractivity contribution in [1.82, 2.24) is 0 Å². The lowest BCUT2D eigenvalue weighted by molar-refractivity contribution is -0.132. The molecule has 1 aliphatic heterocycles. The van der Waals surface area contributed by atoms with Gasteiger partial charge in [-0.15, -0.1) is 6.58 Å². The lowest BCUT2D eigenvalue weighted by atomic mass is 9.79. The Morgan fingerprint density at radius 1 is 1.03 bits per heavy atom. The van der Waals surface area contributed by atoms with E-state index in [2.05, 4.69) is 61.2 Å². The molecule has 1 unspecified atom stereocenters. The van der Waals surface area contributed by atoms with Gasteiger partial charge in [-0.25, -0.2) is 13.2 Å². The Bertz CT molecular complexity index is 1350. The summed E-state index contributed by atoms with van der Waals surface area (Å²) in [6.45, 7) is 4.05. The normalized spacial score (nSPS) is 19.1. The Morgan fingerprint density at radius 2 is 1.81 bits per heavy atom. The summed E-state index contributed by atoms with van der Waals surface area (Å²) >= 11 is 0. The van der Waals surface area contributed by atoms with Crippen molar-refractivity contribution in [2.75, 3.05) is 5.75 Å². The molecular weight excluding hydrogens is 408 g/mol. The highest BCUT2D eigenvalue weighted by Crippen LogP contribution is 2.39. The van der Waals surface area contributed by atoms with Crippen LogP contribution in [0.1, 0.15) is 29.9 Å². The molecule has 5 heteroatoms. The zero-order valence-corrected chi connectivity index (χ0v) is 17.9. The van der Waals surface area contributed by atoms with Crippen LogP contribution in [0.25, 0.3) is 21.5 Å². The number of carboxylic acid groups (broad SMARTS) is 1. The molecule has 3 aromatic rings. The van der Waals surface area contributed by atoms with Crippen LogP contribution in [-0.2, 0) is 21.1 Å². The molecule has 1 aliphatic carbocycles. The van der Waals surface area contributed by atoms with Crippen LogP contribution in [0.3, 0.4) is 0 Å². The van der Waals surface area contributed by atoms with Crippen LogP contribution in [0.15, 0.2) is 84.3 Å². The number of hydrogen-bond acceptors (Lipinski definition) is 3. The molecule has 5 rings (SSSR count). The number of aliphatic carboxylic acids is 1. The highest BCUT2D eigenvalue weighted by Gasteiger charge is 2.20. The second-order valence-corrected chi connectivity index (χ2v) is 9.78. The Hall–Kier alpha value is -3.18. The second-order valence-electron chi connectivity index (χ2n) is 7.85. The van der Waals surface area contributed by atoms with Crippen LogP contribution in [0.5, 0.6) is 0 Å². The first kappa shape index (κ1) is 21.1. The average molecular weight is 433 g/mol. The summed E-state index contributed by atoms with van der Waals surface area (Å²) in [6.07, 6.45) is 8.12. The van der Waals surface area contributed by atoms with Crippen molar-refractivity contribution in [2.45, 2.75) is 25.2 Å². The van der Waals surface area contributed by atoms with Gasteiger partial charge in [0.05, 0.1) is 11.3 Å². The largest absolute Gasteiger partial charge is 0.478 e. The smallest absolute Gasteiger partial charge is 0.335 e. The van der Waals surface area contributed by atoms with Crippen molar-refractivity contribution in [2.24, 2.45) is 0 Å². The number of aryl methyl sites for hydroxylation is 1. The first-order valence-corrected chi connectivity index (χ1v) is 12.0. The number of allylic oxidation sites excluding steroid dienone is 1. The summed E-state index contributed by atoms with van der Waals surface area (Å²) in [6, 6.07) is 17.9. The third-order valence-electron chi connectivity index (χ3n) is 5.91. The van der Waals surface area contributed by atoms with Crippen LogP contribution in [0.4, 0.5) is 0 Å². The maximum absolute atomic E-state index is 10.7. The number of sulfone groups is 1. The van der Waals surface area contributed by atoms with E-state index < -0.39 is 15.8 Å². The zero-order valence-electron chi connectivity index (χ0n) is 17.1. The fourth-order valence-corrected chi connectivity index (χ4v) is 5.25. The monoisotopic (exact) mass is 432 g/mol. The zero-order chi connectivity index (χ0) is 22.0.